The van der Waals surface area contributed by atoms with Crippen LogP contribution in [0.5, 0.6) is 0 Å². The van der Waals surface area contributed by atoms with Gasteiger partial charge in [-0.1, -0.05) is 117 Å². The summed E-state index contributed by atoms with van der Waals surface area (Å²) < 4.78 is 6.61. The Kier molecular flexibility index (Phi) is 12.6. The molecule has 0 aliphatic heterocycles. The molecule has 1 radical (unpaired) electrons. The number of aliphatic hydroxyl groups is 1. The summed E-state index contributed by atoms with van der Waals surface area (Å²) in [5, 5.41) is 16.7. The first-order chi connectivity index (χ1) is 25.5. The summed E-state index contributed by atoms with van der Waals surface area (Å²) in [7, 11) is 0. The molecule has 5 heteroatoms. The Morgan fingerprint density at radius 2 is 1.44 bits per heavy atom. The second kappa shape index (κ2) is 16.4. The van der Waals surface area contributed by atoms with E-state index in [1.54, 1.807) is 0 Å². The molecular formula is C50H60IrNO3-. The van der Waals surface area contributed by atoms with Crippen LogP contribution in [0.25, 0.3) is 54.7 Å². The van der Waals surface area contributed by atoms with E-state index in [-0.39, 0.29) is 59.7 Å². The number of fused-ring (bicyclic) bond motifs is 7. The molecule has 7 rings (SSSR count). The normalized spacial score (nSPS) is 15.3. The number of furan rings is 1. The standard InChI is InChI=1S/C37H36NO.C13H24O2.Ir/c1-35(2,3)29-17-24(16-22-10-8-9-11-25(22)29)32-18-23-12-13-26-27-19-30-31(37(6,7)15-14-36(30,4)5)20-33(27)39-34(26)28(23)21-38-32;1-5-10(6-2)12(14)9-13(15)11(7-3)8-4;/h8-13,17-21H,14-15H2,1-7H3;9-11,14H,5-8H2,1-4H3;/q-1;;/b;12-9-;. The molecule has 1 N–H and O–H groups in total. The maximum Gasteiger partial charge on any atom is 0.162 e. The number of benzene rings is 4. The summed E-state index contributed by atoms with van der Waals surface area (Å²) in [6.07, 6.45) is 9.29. The molecular weight excluding hydrogens is 855 g/mol. The van der Waals surface area contributed by atoms with Gasteiger partial charge in [-0.3, -0.25) is 9.78 Å². The summed E-state index contributed by atoms with van der Waals surface area (Å²) in [6, 6.07) is 25.8. The fourth-order valence-electron chi connectivity index (χ4n) is 8.43. The van der Waals surface area contributed by atoms with Gasteiger partial charge in [0.15, 0.2) is 5.78 Å². The van der Waals surface area contributed by atoms with Crippen LogP contribution in [0.2, 0.25) is 0 Å². The zero-order valence-corrected chi connectivity index (χ0v) is 37.3. The summed E-state index contributed by atoms with van der Waals surface area (Å²) in [4.78, 5) is 16.7. The smallest absolute Gasteiger partial charge is 0.162 e. The third-order valence-electron chi connectivity index (χ3n) is 12.3. The van der Waals surface area contributed by atoms with Crippen LogP contribution in [0.3, 0.4) is 0 Å². The molecule has 6 aromatic rings. The third kappa shape index (κ3) is 8.35. The van der Waals surface area contributed by atoms with Crippen LogP contribution in [0.1, 0.15) is 131 Å². The zero-order chi connectivity index (χ0) is 39.2. The summed E-state index contributed by atoms with van der Waals surface area (Å²) in [6.45, 7) is 24.4. The molecule has 55 heavy (non-hydrogen) atoms. The molecule has 2 aromatic heterocycles. The number of ketones is 1. The number of carbonyl (C=O) groups excluding carboxylic acids is 1. The zero-order valence-electron chi connectivity index (χ0n) is 34.9. The van der Waals surface area contributed by atoms with Crippen molar-refractivity contribution in [2.24, 2.45) is 11.8 Å². The van der Waals surface area contributed by atoms with Crippen LogP contribution >= 0.6 is 0 Å². The molecule has 4 nitrogen and oxygen atoms in total. The van der Waals surface area contributed by atoms with Crippen molar-refractivity contribution in [2.45, 2.75) is 131 Å². The quantitative estimate of drug-likeness (QED) is 0.0939. The maximum atomic E-state index is 11.7. The number of carbonyl (C=O) groups is 1. The fourth-order valence-corrected chi connectivity index (χ4v) is 8.43. The van der Waals surface area contributed by atoms with Crippen LogP contribution in [0.4, 0.5) is 0 Å². The molecule has 0 amide bonds. The number of hydrogen-bond acceptors (Lipinski definition) is 4. The van der Waals surface area contributed by atoms with Crippen molar-refractivity contribution in [3.63, 3.8) is 0 Å². The van der Waals surface area contributed by atoms with Gasteiger partial charge < -0.3 is 9.52 Å². The Morgan fingerprint density at radius 1 is 0.818 bits per heavy atom. The molecule has 2 heterocycles. The van der Waals surface area contributed by atoms with Gasteiger partial charge in [0.1, 0.15) is 11.2 Å². The van der Waals surface area contributed by atoms with Crippen LogP contribution in [0.15, 0.2) is 83.1 Å². The van der Waals surface area contributed by atoms with Crippen molar-refractivity contribution < 1.29 is 34.4 Å². The van der Waals surface area contributed by atoms with Crippen molar-refractivity contribution >= 4 is 49.3 Å². The van der Waals surface area contributed by atoms with E-state index in [1.807, 2.05) is 33.9 Å². The van der Waals surface area contributed by atoms with E-state index in [9.17, 15) is 9.90 Å². The van der Waals surface area contributed by atoms with E-state index in [0.29, 0.717) is 0 Å². The Labute approximate surface area is 342 Å². The van der Waals surface area contributed by atoms with Gasteiger partial charge in [-0.25, -0.2) is 0 Å². The van der Waals surface area contributed by atoms with Crippen LogP contribution in [-0.4, -0.2) is 15.9 Å². The van der Waals surface area contributed by atoms with Crippen LogP contribution < -0.4 is 0 Å². The van der Waals surface area contributed by atoms with E-state index < -0.39 is 0 Å². The van der Waals surface area contributed by atoms with Gasteiger partial charge in [0.2, 0.25) is 0 Å². The molecule has 1 aliphatic rings. The molecule has 0 saturated heterocycles. The van der Waals surface area contributed by atoms with E-state index in [4.69, 9.17) is 9.40 Å². The van der Waals surface area contributed by atoms with Gasteiger partial charge in [-0.2, -0.15) is 0 Å². The minimum atomic E-state index is 0. The predicted molar refractivity (Wildman–Crippen MR) is 229 cm³/mol. The van der Waals surface area contributed by atoms with Gasteiger partial charge >= 0.3 is 0 Å². The largest absolute Gasteiger partial charge is 0.512 e. The van der Waals surface area contributed by atoms with Crippen molar-refractivity contribution in [3.8, 4) is 11.3 Å². The van der Waals surface area contributed by atoms with Gasteiger partial charge in [-0.05, 0) is 89.5 Å². The second-order valence-electron chi connectivity index (χ2n) is 17.9. The van der Waals surface area contributed by atoms with Crippen LogP contribution in [-0.2, 0) is 41.1 Å². The molecule has 0 bridgehead atoms. The summed E-state index contributed by atoms with van der Waals surface area (Å²) in [5.74, 6) is 0.547. The number of aromatic nitrogens is 1. The third-order valence-corrected chi connectivity index (χ3v) is 12.3. The maximum absolute atomic E-state index is 11.7. The fraction of sp³-hybridized carbons (Fsp3) is 0.440. The van der Waals surface area contributed by atoms with E-state index >= 15 is 0 Å². The number of allylic oxidation sites excluding steroid dienone is 2. The van der Waals surface area contributed by atoms with Gasteiger partial charge in [0, 0.05) is 66.1 Å². The molecule has 0 atom stereocenters. The van der Waals surface area contributed by atoms with Crippen LogP contribution in [0, 0.1) is 17.9 Å². The molecule has 0 fully saturated rings. The monoisotopic (exact) mass is 915 g/mol. The van der Waals surface area contributed by atoms with Crippen molar-refractivity contribution in [1.29, 1.82) is 0 Å². The Bertz CT molecular complexity index is 2360. The van der Waals surface area contributed by atoms with Crippen molar-refractivity contribution in [3.05, 3.63) is 101 Å². The average Bonchev–Trinajstić information content (AvgIpc) is 3.51. The molecule has 1 aliphatic carbocycles. The Balaban J connectivity index is 0.000000311. The Hall–Kier alpha value is -3.79. The van der Waals surface area contributed by atoms with Gasteiger partial charge in [0.25, 0.3) is 0 Å². The predicted octanol–water partition coefficient (Wildman–Crippen LogP) is 14.3. The van der Waals surface area contributed by atoms with E-state index in [2.05, 4.69) is 115 Å². The number of nitrogens with zero attached hydrogens (tertiary/aromatic N) is 1. The molecule has 0 spiro atoms. The summed E-state index contributed by atoms with van der Waals surface area (Å²) in [5.41, 5.74) is 8.41. The first-order valence-corrected chi connectivity index (χ1v) is 20.2. The van der Waals surface area contributed by atoms with E-state index in [0.717, 1.165) is 64.3 Å². The molecule has 293 valence electrons. The summed E-state index contributed by atoms with van der Waals surface area (Å²) >= 11 is 0. The van der Waals surface area contributed by atoms with Crippen molar-refractivity contribution in [1.82, 2.24) is 4.98 Å². The van der Waals surface area contributed by atoms with Gasteiger partial charge in [-0.15, -0.1) is 29.1 Å². The average molecular weight is 915 g/mol. The molecule has 0 unspecified atom stereocenters. The number of hydrogen-bond donors (Lipinski definition) is 1. The second-order valence-corrected chi connectivity index (χ2v) is 17.9. The number of aliphatic hydroxyl groups excluding tert-OH is 1. The topological polar surface area (TPSA) is 63.3 Å². The van der Waals surface area contributed by atoms with E-state index in [1.165, 1.54) is 51.8 Å². The first-order valence-electron chi connectivity index (χ1n) is 20.2. The SMILES string of the molecule is CC(C)(C)c1cc(-c2cc3ccc4c5cc6c(cc5oc4c3cn2)C(C)(C)CCC6(C)C)[c-]c2ccccc12.CCC(CC)C(=O)/C=C(\O)C(CC)CC.[Ir]. The minimum Gasteiger partial charge on any atom is -0.512 e. The Morgan fingerprint density at radius 3 is 2.05 bits per heavy atom. The molecule has 0 saturated carbocycles. The van der Waals surface area contributed by atoms with Crippen molar-refractivity contribution in [2.75, 3.05) is 0 Å². The number of rotatable bonds is 8. The minimum absolute atomic E-state index is 0. The number of pyridine rings is 1. The first kappa shape index (κ1) is 42.4. The van der Waals surface area contributed by atoms with Gasteiger partial charge in [0.05, 0.1) is 5.76 Å². The molecule has 4 aromatic carbocycles.